The molecular formula is C22H25N3OS. The molecule has 0 saturated carbocycles. The standard InChI is InChI=1S/C22H25N3OS/c1-4-7-20-21(26)25(15-19-9-6-5-8-17(19)3)22(27-20)24-23-14-18-12-10-16(2)11-13-18/h5-6,8-14,20H,4,7,15H2,1-3H3/b23-14-,24-22-/t20-/m0/s1. The van der Waals surface area contributed by atoms with E-state index < -0.39 is 0 Å². The number of carbonyl (C=O) groups is 1. The maximum Gasteiger partial charge on any atom is 0.242 e. The van der Waals surface area contributed by atoms with Gasteiger partial charge in [0, 0.05) is 0 Å². The molecule has 1 atom stereocenters. The molecule has 1 saturated heterocycles. The van der Waals surface area contributed by atoms with Gasteiger partial charge in [-0.2, -0.15) is 5.10 Å². The number of hydrogen-bond acceptors (Lipinski definition) is 4. The number of benzene rings is 2. The van der Waals surface area contributed by atoms with Crippen LogP contribution in [0.5, 0.6) is 0 Å². The number of carbonyl (C=O) groups excluding carboxylic acids is 1. The van der Waals surface area contributed by atoms with Gasteiger partial charge in [-0.3, -0.25) is 9.69 Å². The lowest BCUT2D eigenvalue weighted by molar-refractivity contribution is -0.126. The first-order chi connectivity index (χ1) is 13.1. The zero-order valence-corrected chi connectivity index (χ0v) is 16.9. The van der Waals surface area contributed by atoms with E-state index in [0.717, 1.165) is 24.0 Å². The van der Waals surface area contributed by atoms with Gasteiger partial charge < -0.3 is 0 Å². The SMILES string of the molecule is CCC[C@@H]1S/C(=N\N=C/c2ccc(C)cc2)N(Cc2ccccc2C)C1=O. The first-order valence-corrected chi connectivity index (χ1v) is 10.2. The van der Waals surface area contributed by atoms with E-state index in [9.17, 15) is 4.79 Å². The summed E-state index contributed by atoms with van der Waals surface area (Å²) >= 11 is 1.53. The molecule has 1 aliphatic rings. The van der Waals surface area contributed by atoms with Gasteiger partial charge >= 0.3 is 0 Å². The Morgan fingerprint density at radius 2 is 1.85 bits per heavy atom. The Balaban J connectivity index is 1.82. The Bertz CT molecular complexity index is 858. The smallest absolute Gasteiger partial charge is 0.242 e. The van der Waals surface area contributed by atoms with E-state index in [0.29, 0.717) is 11.7 Å². The van der Waals surface area contributed by atoms with Crippen molar-refractivity contribution in [2.75, 3.05) is 0 Å². The van der Waals surface area contributed by atoms with Crippen LogP contribution in [0.3, 0.4) is 0 Å². The normalized spacial score (nSPS) is 18.8. The summed E-state index contributed by atoms with van der Waals surface area (Å²) in [5.74, 6) is 0.134. The monoisotopic (exact) mass is 379 g/mol. The fourth-order valence-electron chi connectivity index (χ4n) is 2.93. The molecule has 0 spiro atoms. The molecule has 1 fully saturated rings. The zero-order chi connectivity index (χ0) is 19.2. The van der Waals surface area contributed by atoms with Crippen LogP contribution in [0, 0.1) is 13.8 Å². The lowest BCUT2D eigenvalue weighted by Gasteiger charge is -2.17. The van der Waals surface area contributed by atoms with E-state index in [4.69, 9.17) is 0 Å². The van der Waals surface area contributed by atoms with Crippen molar-refractivity contribution >= 4 is 29.1 Å². The third-order valence-electron chi connectivity index (χ3n) is 4.59. The Kier molecular flexibility index (Phi) is 6.45. The Labute approximate surface area is 165 Å². The van der Waals surface area contributed by atoms with Crippen LogP contribution in [0.15, 0.2) is 58.7 Å². The zero-order valence-electron chi connectivity index (χ0n) is 16.1. The summed E-state index contributed by atoms with van der Waals surface area (Å²) in [6.07, 6.45) is 3.56. The van der Waals surface area contributed by atoms with Crippen molar-refractivity contribution in [3.05, 3.63) is 70.8 Å². The van der Waals surface area contributed by atoms with E-state index in [1.165, 1.54) is 22.9 Å². The van der Waals surface area contributed by atoms with Crippen molar-refractivity contribution in [2.45, 2.75) is 45.4 Å². The van der Waals surface area contributed by atoms with Crippen molar-refractivity contribution in [1.82, 2.24) is 4.90 Å². The average molecular weight is 380 g/mol. The summed E-state index contributed by atoms with van der Waals surface area (Å²) in [6, 6.07) is 16.3. The molecule has 2 aromatic rings. The molecule has 140 valence electrons. The van der Waals surface area contributed by atoms with Gasteiger partial charge in [0.1, 0.15) is 0 Å². The molecule has 2 aromatic carbocycles. The fourth-order valence-corrected chi connectivity index (χ4v) is 4.14. The molecule has 1 amide bonds. The van der Waals surface area contributed by atoms with E-state index in [-0.39, 0.29) is 11.2 Å². The molecule has 0 N–H and O–H groups in total. The molecule has 4 nitrogen and oxygen atoms in total. The number of rotatable bonds is 6. The van der Waals surface area contributed by atoms with Crippen LogP contribution in [0.25, 0.3) is 0 Å². The quantitative estimate of drug-likeness (QED) is 0.527. The van der Waals surface area contributed by atoms with Gasteiger partial charge in [-0.1, -0.05) is 79.2 Å². The van der Waals surface area contributed by atoms with Gasteiger partial charge in [0.05, 0.1) is 18.0 Å². The van der Waals surface area contributed by atoms with E-state index >= 15 is 0 Å². The molecule has 1 heterocycles. The summed E-state index contributed by atoms with van der Waals surface area (Å²) in [6.45, 7) is 6.76. The van der Waals surface area contributed by atoms with Gasteiger partial charge in [-0.05, 0) is 37.0 Å². The van der Waals surface area contributed by atoms with Crippen molar-refractivity contribution in [1.29, 1.82) is 0 Å². The topological polar surface area (TPSA) is 45.0 Å². The third kappa shape index (κ3) is 4.86. The second-order valence-electron chi connectivity index (χ2n) is 6.78. The van der Waals surface area contributed by atoms with Crippen molar-refractivity contribution in [3.8, 4) is 0 Å². The number of amidine groups is 1. The molecular weight excluding hydrogens is 354 g/mol. The minimum atomic E-state index is -0.0626. The molecule has 0 aromatic heterocycles. The molecule has 0 bridgehead atoms. The highest BCUT2D eigenvalue weighted by Crippen LogP contribution is 2.32. The summed E-state index contributed by atoms with van der Waals surface area (Å²) in [7, 11) is 0. The Morgan fingerprint density at radius 3 is 2.56 bits per heavy atom. The van der Waals surface area contributed by atoms with Gasteiger partial charge in [-0.25, -0.2) is 0 Å². The first kappa shape index (κ1) is 19.4. The van der Waals surface area contributed by atoms with E-state index in [1.54, 1.807) is 11.1 Å². The van der Waals surface area contributed by atoms with Gasteiger partial charge in [0.15, 0.2) is 5.17 Å². The highest BCUT2D eigenvalue weighted by Gasteiger charge is 2.37. The lowest BCUT2D eigenvalue weighted by Crippen LogP contribution is -2.31. The minimum Gasteiger partial charge on any atom is -0.284 e. The maximum absolute atomic E-state index is 12.9. The van der Waals surface area contributed by atoms with Crippen molar-refractivity contribution in [2.24, 2.45) is 10.2 Å². The van der Waals surface area contributed by atoms with Gasteiger partial charge in [0.2, 0.25) is 5.91 Å². The molecule has 3 rings (SSSR count). The summed E-state index contributed by atoms with van der Waals surface area (Å²) < 4.78 is 0. The summed E-state index contributed by atoms with van der Waals surface area (Å²) in [5.41, 5.74) is 4.52. The number of amides is 1. The van der Waals surface area contributed by atoms with Crippen LogP contribution in [0.1, 0.15) is 42.0 Å². The number of thioether (sulfide) groups is 1. The van der Waals surface area contributed by atoms with Crippen LogP contribution in [-0.4, -0.2) is 27.4 Å². The predicted octanol–water partition coefficient (Wildman–Crippen LogP) is 4.94. The number of aryl methyl sites for hydroxylation is 2. The van der Waals surface area contributed by atoms with Crippen LogP contribution < -0.4 is 0 Å². The maximum atomic E-state index is 12.9. The summed E-state index contributed by atoms with van der Waals surface area (Å²) in [4.78, 5) is 14.6. The molecule has 5 heteroatoms. The molecule has 0 radical (unpaired) electrons. The second kappa shape index (κ2) is 9.00. The molecule has 0 unspecified atom stereocenters. The molecule has 0 aliphatic carbocycles. The average Bonchev–Trinajstić information content (AvgIpc) is 2.95. The van der Waals surface area contributed by atoms with Crippen molar-refractivity contribution in [3.63, 3.8) is 0 Å². The molecule has 27 heavy (non-hydrogen) atoms. The number of hydrogen-bond donors (Lipinski definition) is 0. The number of nitrogens with zero attached hydrogens (tertiary/aromatic N) is 3. The van der Waals surface area contributed by atoms with E-state index in [2.05, 4.69) is 43.1 Å². The second-order valence-corrected chi connectivity index (χ2v) is 7.95. The lowest BCUT2D eigenvalue weighted by atomic mass is 10.1. The van der Waals surface area contributed by atoms with Gasteiger partial charge in [0.25, 0.3) is 0 Å². The van der Waals surface area contributed by atoms with Crippen LogP contribution in [-0.2, 0) is 11.3 Å². The fraction of sp³-hybridized carbons (Fsp3) is 0.318. The Morgan fingerprint density at radius 1 is 1.11 bits per heavy atom. The summed E-state index contributed by atoms with van der Waals surface area (Å²) in [5, 5.41) is 9.25. The van der Waals surface area contributed by atoms with Crippen LogP contribution in [0.4, 0.5) is 0 Å². The predicted molar refractivity (Wildman–Crippen MR) is 114 cm³/mol. The van der Waals surface area contributed by atoms with E-state index in [1.807, 2.05) is 36.4 Å². The van der Waals surface area contributed by atoms with Gasteiger partial charge in [-0.15, -0.1) is 5.10 Å². The Hall–Kier alpha value is -2.40. The molecule has 1 aliphatic heterocycles. The minimum absolute atomic E-state index is 0.0626. The highest BCUT2D eigenvalue weighted by molar-refractivity contribution is 8.15. The van der Waals surface area contributed by atoms with Crippen molar-refractivity contribution < 1.29 is 4.79 Å². The third-order valence-corrected chi connectivity index (χ3v) is 5.82. The largest absolute Gasteiger partial charge is 0.284 e. The van der Waals surface area contributed by atoms with Crippen LogP contribution in [0.2, 0.25) is 0 Å². The van der Waals surface area contributed by atoms with Crippen LogP contribution >= 0.6 is 11.8 Å². The first-order valence-electron chi connectivity index (χ1n) is 9.28. The highest BCUT2D eigenvalue weighted by atomic mass is 32.2.